The summed E-state index contributed by atoms with van der Waals surface area (Å²) in [6, 6.07) is 6.24. The summed E-state index contributed by atoms with van der Waals surface area (Å²) >= 11 is -1.09. The van der Waals surface area contributed by atoms with Crippen LogP contribution in [0.3, 0.4) is 0 Å². The standard InChI is InChI=1S/C16H6F4Te/c17-13-3-1-11(15(19)9-13)5-7-21-8-6-12-2-4-14(18)10-16(12)20/h1-4,9-10H. The van der Waals surface area contributed by atoms with Gasteiger partial charge in [0.25, 0.3) is 0 Å². The van der Waals surface area contributed by atoms with E-state index in [9.17, 15) is 17.6 Å². The zero-order valence-corrected chi connectivity index (χ0v) is 12.7. The molecule has 0 amide bonds. The van der Waals surface area contributed by atoms with E-state index in [0.29, 0.717) is 0 Å². The first-order chi connectivity index (χ1) is 10.1. The molecule has 0 saturated heterocycles. The van der Waals surface area contributed by atoms with Crippen LogP contribution in [0.1, 0.15) is 11.1 Å². The second-order valence-corrected chi connectivity index (χ2v) is 5.55. The molecule has 2 aromatic rings. The zero-order valence-electron chi connectivity index (χ0n) is 10.4. The molecule has 0 atom stereocenters. The van der Waals surface area contributed by atoms with Crippen LogP contribution in [0.2, 0.25) is 0 Å². The minimum atomic E-state index is -1.09. The van der Waals surface area contributed by atoms with Gasteiger partial charge >= 0.3 is 129 Å². The van der Waals surface area contributed by atoms with Crippen molar-refractivity contribution in [1.82, 2.24) is 0 Å². The van der Waals surface area contributed by atoms with Crippen molar-refractivity contribution in [2.24, 2.45) is 0 Å². The molecule has 0 aliphatic rings. The van der Waals surface area contributed by atoms with E-state index in [1.54, 1.807) is 0 Å². The number of halogens is 4. The van der Waals surface area contributed by atoms with E-state index in [0.717, 1.165) is 24.3 Å². The first kappa shape index (κ1) is 15.5. The first-order valence-corrected chi connectivity index (χ1v) is 7.97. The van der Waals surface area contributed by atoms with Gasteiger partial charge in [-0.25, -0.2) is 0 Å². The molecule has 0 unspecified atom stereocenters. The Hall–Kier alpha value is -1.93. The van der Waals surface area contributed by atoms with Gasteiger partial charge in [0, 0.05) is 0 Å². The number of hydrogen-bond acceptors (Lipinski definition) is 0. The van der Waals surface area contributed by atoms with E-state index in [1.165, 1.54) is 12.1 Å². The third-order valence-electron chi connectivity index (χ3n) is 2.34. The maximum absolute atomic E-state index is 13.3. The van der Waals surface area contributed by atoms with Crippen molar-refractivity contribution >= 4 is 20.9 Å². The predicted molar refractivity (Wildman–Crippen MR) is 72.2 cm³/mol. The molecule has 0 radical (unpaired) electrons. The molecule has 0 fully saturated rings. The van der Waals surface area contributed by atoms with Crippen LogP contribution in [0, 0.1) is 43.0 Å². The van der Waals surface area contributed by atoms with Crippen molar-refractivity contribution in [3.63, 3.8) is 0 Å². The second-order valence-electron chi connectivity index (χ2n) is 3.80. The summed E-state index contributed by atoms with van der Waals surface area (Å²) in [6.45, 7) is 0. The molecule has 0 aliphatic heterocycles. The molecule has 0 N–H and O–H groups in total. The average Bonchev–Trinajstić information content (AvgIpc) is 2.42. The minimum absolute atomic E-state index is 0.0938. The van der Waals surface area contributed by atoms with Crippen molar-refractivity contribution < 1.29 is 17.6 Å². The van der Waals surface area contributed by atoms with Gasteiger partial charge in [0.05, 0.1) is 0 Å². The summed E-state index contributed by atoms with van der Waals surface area (Å²) in [5.74, 6) is 2.33. The summed E-state index contributed by atoms with van der Waals surface area (Å²) in [7, 11) is 0. The summed E-state index contributed by atoms with van der Waals surface area (Å²) in [5, 5.41) is 0. The molecule has 2 rings (SSSR count). The molecule has 0 aromatic heterocycles. The number of hydrogen-bond donors (Lipinski definition) is 0. The van der Waals surface area contributed by atoms with E-state index in [2.05, 4.69) is 19.8 Å². The Balaban J connectivity index is 2.06. The molecule has 0 aliphatic carbocycles. The number of rotatable bonds is 0. The molecule has 0 bridgehead atoms. The van der Waals surface area contributed by atoms with Crippen LogP contribution >= 0.6 is 0 Å². The first-order valence-electron chi connectivity index (χ1n) is 5.64. The van der Waals surface area contributed by atoms with Crippen molar-refractivity contribution in [3.8, 4) is 19.8 Å². The molecule has 104 valence electrons. The SMILES string of the molecule is Fc1ccc(C#C[Te]C#Cc2ccc(F)cc2F)c(F)c1. The van der Waals surface area contributed by atoms with Crippen molar-refractivity contribution in [1.29, 1.82) is 0 Å². The van der Waals surface area contributed by atoms with Gasteiger partial charge in [-0.2, -0.15) is 0 Å². The van der Waals surface area contributed by atoms with Gasteiger partial charge in [0.1, 0.15) is 0 Å². The Labute approximate surface area is 129 Å². The van der Waals surface area contributed by atoms with E-state index < -0.39 is 44.2 Å². The Bertz CT molecular complexity index is 724. The van der Waals surface area contributed by atoms with Crippen LogP contribution in [0.15, 0.2) is 36.4 Å². The van der Waals surface area contributed by atoms with Gasteiger partial charge in [0.15, 0.2) is 0 Å². The third kappa shape index (κ3) is 4.54. The van der Waals surface area contributed by atoms with Gasteiger partial charge < -0.3 is 0 Å². The molecule has 0 heterocycles. The zero-order chi connectivity index (χ0) is 15.2. The average molecular weight is 402 g/mol. The Morgan fingerprint density at radius 1 is 0.667 bits per heavy atom. The second kappa shape index (κ2) is 7.19. The molecule has 2 aromatic carbocycles. The quantitative estimate of drug-likeness (QED) is 0.361. The molecule has 0 saturated carbocycles. The summed E-state index contributed by atoms with van der Waals surface area (Å²) < 4.78 is 57.3. The van der Waals surface area contributed by atoms with Crippen LogP contribution in [0.25, 0.3) is 0 Å². The summed E-state index contributed by atoms with van der Waals surface area (Å²) in [5.41, 5.74) is 0.188. The van der Waals surface area contributed by atoms with Gasteiger partial charge in [-0.3, -0.25) is 0 Å². The van der Waals surface area contributed by atoms with Crippen LogP contribution in [0.4, 0.5) is 17.6 Å². The van der Waals surface area contributed by atoms with Crippen molar-refractivity contribution in [3.05, 3.63) is 70.8 Å². The monoisotopic (exact) mass is 404 g/mol. The fraction of sp³-hybridized carbons (Fsp3) is 0. The fourth-order valence-electron chi connectivity index (χ4n) is 1.37. The predicted octanol–water partition coefficient (Wildman–Crippen LogP) is 3.27. The van der Waals surface area contributed by atoms with Crippen LogP contribution in [0.5, 0.6) is 0 Å². The topological polar surface area (TPSA) is 0 Å². The van der Waals surface area contributed by atoms with E-state index >= 15 is 0 Å². The molecular formula is C16H6F4Te. The molecule has 0 nitrogen and oxygen atoms in total. The van der Waals surface area contributed by atoms with Crippen molar-refractivity contribution in [2.45, 2.75) is 0 Å². The summed E-state index contributed by atoms with van der Waals surface area (Å²) in [4.78, 5) is 0. The molecular weight excluding hydrogens is 396 g/mol. The molecule has 5 heteroatoms. The maximum atomic E-state index is 13.3. The van der Waals surface area contributed by atoms with Crippen LogP contribution in [-0.2, 0) is 0 Å². The van der Waals surface area contributed by atoms with Crippen molar-refractivity contribution in [2.75, 3.05) is 0 Å². The normalized spacial score (nSPS) is 9.33. The van der Waals surface area contributed by atoms with E-state index in [-0.39, 0.29) is 11.1 Å². The van der Waals surface area contributed by atoms with E-state index in [4.69, 9.17) is 0 Å². The number of benzene rings is 2. The van der Waals surface area contributed by atoms with Gasteiger partial charge in [-0.1, -0.05) is 0 Å². The van der Waals surface area contributed by atoms with Crippen LogP contribution in [-0.4, -0.2) is 20.9 Å². The summed E-state index contributed by atoms with van der Waals surface area (Å²) in [6.07, 6.45) is 0. The Morgan fingerprint density at radius 2 is 1.10 bits per heavy atom. The van der Waals surface area contributed by atoms with Gasteiger partial charge in [-0.05, 0) is 0 Å². The molecule has 0 spiro atoms. The van der Waals surface area contributed by atoms with Gasteiger partial charge in [-0.15, -0.1) is 0 Å². The van der Waals surface area contributed by atoms with Crippen LogP contribution < -0.4 is 0 Å². The Morgan fingerprint density at radius 3 is 1.48 bits per heavy atom. The van der Waals surface area contributed by atoms with E-state index in [1.807, 2.05) is 0 Å². The Kier molecular flexibility index (Phi) is 5.29. The fourth-order valence-corrected chi connectivity index (χ4v) is 2.43. The van der Waals surface area contributed by atoms with Gasteiger partial charge in [0.2, 0.25) is 0 Å². The molecule has 21 heavy (non-hydrogen) atoms. The third-order valence-corrected chi connectivity index (χ3v) is 3.50.